The third-order valence-electron chi connectivity index (χ3n) is 3.43. The van der Waals surface area contributed by atoms with Crippen LogP contribution in [0.25, 0.3) is 0 Å². The van der Waals surface area contributed by atoms with Gasteiger partial charge in [0.2, 0.25) is 5.43 Å². The maximum Gasteiger partial charge on any atom is 0.267 e. The van der Waals surface area contributed by atoms with Crippen LogP contribution in [0.1, 0.15) is 5.56 Å². The molecule has 3 rings (SSSR count). The molecule has 0 spiro atoms. The van der Waals surface area contributed by atoms with Crippen molar-refractivity contribution < 1.29 is 13.2 Å². The van der Waals surface area contributed by atoms with Gasteiger partial charge in [0, 0.05) is 24.1 Å². The summed E-state index contributed by atoms with van der Waals surface area (Å²) < 4.78 is 32.5. The lowest BCUT2D eigenvalue weighted by Crippen LogP contribution is -2.20. The first kappa shape index (κ1) is 16.8. The Morgan fingerprint density at radius 1 is 0.960 bits per heavy atom. The predicted molar refractivity (Wildman–Crippen MR) is 95.1 cm³/mol. The van der Waals surface area contributed by atoms with Crippen LogP contribution in [0.3, 0.4) is 0 Å². The molecular formula is C18H16N2O4S. The molecule has 0 saturated heterocycles. The van der Waals surface area contributed by atoms with Crippen molar-refractivity contribution in [3.63, 3.8) is 0 Å². The summed E-state index contributed by atoms with van der Waals surface area (Å²) in [5.41, 5.74) is 0.806. The van der Waals surface area contributed by atoms with E-state index in [4.69, 9.17) is 4.74 Å². The summed E-state index contributed by atoms with van der Waals surface area (Å²) in [6.45, 7) is 0.422. The zero-order valence-corrected chi connectivity index (χ0v) is 14.0. The van der Waals surface area contributed by atoms with Crippen molar-refractivity contribution in [1.82, 2.24) is 4.98 Å². The molecule has 1 heterocycles. The fraction of sp³-hybridized carbons (Fsp3) is 0.0556. The summed E-state index contributed by atoms with van der Waals surface area (Å²) in [5, 5.41) is 0. The fourth-order valence-corrected chi connectivity index (χ4v) is 3.29. The molecule has 6 nitrogen and oxygen atoms in total. The van der Waals surface area contributed by atoms with Crippen molar-refractivity contribution >= 4 is 15.7 Å². The highest BCUT2D eigenvalue weighted by molar-refractivity contribution is 7.92. The summed E-state index contributed by atoms with van der Waals surface area (Å²) in [6, 6.07) is 17.4. The van der Waals surface area contributed by atoms with Gasteiger partial charge in [0.1, 0.15) is 12.4 Å². The molecule has 7 heteroatoms. The van der Waals surface area contributed by atoms with Crippen LogP contribution >= 0.6 is 0 Å². The largest absolute Gasteiger partial charge is 0.489 e. The summed E-state index contributed by atoms with van der Waals surface area (Å²) in [4.78, 5) is 13.9. The first-order valence-electron chi connectivity index (χ1n) is 7.51. The van der Waals surface area contributed by atoms with Gasteiger partial charge in [-0.25, -0.2) is 8.42 Å². The number of ether oxygens (including phenoxy) is 1. The van der Waals surface area contributed by atoms with Gasteiger partial charge in [-0.1, -0.05) is 30.3 Å². The molecule has 0 aliphatic carbocycles. The van der Waals surface area contributed by atoms with Crippen molar-refractivity contribution in [2.45, 2.75) is 11.5 Å². The monoisotopic (exact) mass is 356 g/mol. The standard InChI is InChI=1S/C18H16N2O4S/c21-17-10-11-19-12-18(17)25(22,23)20-15-6-8-16(9-7-15)24-13-14-4-2-1-3-5-14/h1-12,20H,13H2,(H,19,21). The van der Waals surface area contributed by atoms with E-state index in [1.807, 2.05) is 30.3 Å². The van der Waals surface area contributed by atoms with Gasteiger partial charge in [0.05, 0.1) is 0 Å². The second-order valence-electron chi connectivity index (χ2n) is 5.28. The second kappa shape index (κ2) is 7.23. The molecule has 0 bridgehead atoms. The van der Waals surface area contributed by atoms with Crippen LogP contribution in [-0.4, -0.2) is 13.4 Å². The molecule has 0 atom stereocenters. The Balaban J connectivity index is 1.68. The summed E-state index contributed by atoms with van der Waals surface area (Å²) >= 11 is 0. The highest BCUT2D eigenvalue weighted by Gasteiger charge is 2.17. The minimum atomic E-state index is -3.95. The smallest absolute Gasteiger partial charge is 0.267 e. The molecule has 2 N–H and O–H groups in total. The third kappa shape index (κ3) is 4.27. The average Bonchev–Trinajstić information content (AvgIpc) is 2.62. The molecule has 0 unspecified atom stereocenters. The number of hydrogen-bond donors (Lipinski definition) is 2. The maximum atomic E-state index is 12.3. The zero-order valence-electron chi connectivity index (χ0n) is 13.2. The lowest BCUT2D eigenvalue weighted by atomic mass is 10.2. The number of aromatic nitrogens is 1. The van der Waals surface area contributed by atoms with Crippen molar-refractivity contribution in [1.29, 1.82) is 0 Å². The van der Waals surface area contributed by atoms with Crippen LogP contribution < -0.4 is 14.9 Å². The fourth-order valence-electron chi connectivity index (χ4n) is 2.18. The van der Waals surface area contributed by atoms with Gasteiger partial charge in [-0.3, -0.25) is 9.52 Å². The highest BCUT2D eigenvalue weighted by atomic mass is 32.2. The second-order valence-corrected chi connectivity index (χ2v) is 6.93. The number of benzene rings is 2. The van der Waals surface area contributed by atoms with E-state index < -0.39 is 15.5 Å². The highest BCUT2D eigenvalue weighted by Crippen LogP contribution is 2.19. The van der Waals surface area contributed by atoms with Gasteiger partial charge in [-0.05, 0) is 29.8 Å². The SMILES string of the molecule is O=c1cc[nH]cc1S(=O)(=O)Nc1ccc(OCc2ccccc2)cc1. The third-order valence-corrected chi connectivity index (χ3v) is 4.84. The summed E-state index contributed by atoms with van der Waals surface area (Å²) in [6.07, 6.45) is 2.53. The minimum absolute atomic E-state index is 0.334. The molecule has 0 amide bonds. The molecule has 0 fully saturated rings. The van der Waals surface area contributed by atoms with E-state index in [-0.39, 0.29) is 4.90 Å². The van der Waals surface area contributed by atoms with Gasteiger partial charge in [0.15, 0.2) is 4.90 Å². The lowest BCUT2D eigenvalue weighted by molar-refractivity contribution is 0.306. The molecule has 2 aromatic carbocycles. The van der Waals surface area contributed by atoms with Gasteiger partial charge in [-0.15, -0.1) is 0 Å². The van der Waals surface area contributed by atoms with E-state index in [1.165, 1.54) is 6.20 Å². The minimum Gasteiger partial charge on any atom is -0.489 e. The molecule has 0 radical (unpaired) electrons. The van der Waals surface area contributed by atoms with Crippen molar-refractivity contribution in [2.24, 2.45) is 0 Å². The first-order chi connectivity index (χ1) is 12.0. The summed E-state index contributed by atoms with van der Waals surface area (Å²) in [7, 11) is -3.95. The maximum absolute atomic E-state index is 12.3. The number of hydrogen-bond acceptors (Lipinski definition) is 4. The van der Waals surface area contributed by atoms with Crippen molar-refractivity contribution in [3.05, 3.63) is 88.8 Å². The van der Waals surface area contributed by atoms with Gasteiger partial charge >= 0.3 is 0 Å². The number of anilines is 1. The summed E-state index contributed by atoms with van der Waals surface area (Å²) in [5.74, 6) is 0.615. The van der Waals surface area contributed by atoms with E-state index in [0.29, 0.717) is 18.0 Å². The zero-order chi connectivity index (χ0) is 17.7. The van der Waals surface area contributed by atoms with Crippen LogP contribution in [0.15, 0.2) is 82.7 Å². The Kier molecular flexibility index (Phi) is 4.85. The number of aromatic amines is 1. The molecule has 3 aromatic rings. The Hall–Kier alpha value is -3.06. The number of nitrogens with one attached hydrogen (secondary N) is 2. The topological polar surface area (TPSA) is 88.3 Å². The van der Waals surface area contributed by atoms with Gasteiger partial charge in [0.25, 0.3) is 10.0 Å². The van der Waals surface area contributed by atoms with E-state index in [9.17, 15) is 13.2 Å². The number of pyridine rings is 1. The number of H-pyrrole nitrogens is 1. The Morgan fingerprint density at radius 2 is 1.68 bits per heavy atom. The van der Waals surface area contributed by atoms with Crippen LogP contribution in [0, 0.1) is 0 Å². The molecule has 1 aromatic heterocycles. The van der Waals surface area contributed by atoms with Crippen LogP contribution in [0.4, 0.5) is 5.69 Å². The van der Waals surface area contributed by atoms with Crippen molar-refractivity contribution in [3.8, 4) is 5.75 Å². The molecule has 0 aliphatic rings. The number of rotatable bonds is 6. The molecule has 128 valence electrons. The Morgan fingerprint density at radius 3 is 2.36 bits per heavy atom. The molecule has 0 saturated carbocycles. The van der Waals surface area contributed by atoms with Gasteiger partial charge in [-0.2, -0.15) is 0 Å². The molecular weight excluding hydrogens is 340 g/mol. The van der Waals surface area contributed by atoms with E-state index >= 15 is 0 Å². The van der Waals surface area contributed by atoms with Gasteiger partial charge < -0.3 is 9.72 Å². The van der Waals surface area contributed by atoms with Crippen LogP contribution in [0.5, 0.6) is 5.75 Å². The van der Waals surface area contributed by atoms with E-state index in [1.54, 1.807) is 24.3 Å². The first-order valence-corrected chi connectivity index (χ1v) is 9.00. The van der Waals surface area contributed by atoms with E-state index in [2.05, 4.69) is 9.71 Å². The predicted octanol–water partition coefficient (Wildman–Crippen LogP) is 2.75. The Labute approximate surface area is 145 Å². The van der Waals surface area contributed by atoms with Crippen LogP contribution in [-0.2, 0) is 16.6 Å². The normalized spacial score (nSPS) is 11.0. The number of sulfonamides is 1. The molecule has 0 aliphatic heterocycles. The Bertz CT molecular complexity index is 997. The van der Waals surface area contributed by atoms with E-state index in [0.717, 1.165) is 17.8 Å². The quantitative estimate of drug-likeness (QED) is 0.711. The average molecular weight is 356 g/mol. The lowest BCUT2D eigenvalue weighted by Gasteiger charge is -2.09. The molecule has 25 heavy (non-hydrogen) atoms. The van der Waals surface area contributed by atoms with Crippen molar-refractivity contribution in [2.75, 3.05) is 4.72 Å². The van der Waals surface area contributed by atoms with Crippen LogP contribution in [0.2, 0.25) is 0 Å².